The molecule has 0 spiro atoms. The van der Waals surface area contributed by atoms with Crippen molar-refractivity contribution in [1.29, 1.82) is 0 Å². The average molecular weight is 351 g/mol. The molecule has 0 saturated carbocycles. The zero-order chi connectivity index (χ0) is 18.1. The van der Waals surface area contributed by atoms with Crippen molar-refractivity contribution in [2.24, 2.45) is 16.8 Å². The first-order valence-corrected chi connectivity index (χ1v) is 10.4. The molecular weight excluding hydrogens is 312 g/mol. The molecule has 2 rings (SSSR count). The predicted molar refractivity (Wildman–Crippen MR) is 105 cm³/mol. The summed E-state index contributed by atoms with van der Waals surface area (Å²) in [5.41, 5.74) is 0. The highest BCUT2D eigenvalue weighted by Gasteiger charge is 2.25. The van der Waals surface area contributed by atoms with Crippen LogP contribution < -0.4 is 5.32 Å². The highest BCUT2D eigenvalue weighted by molar-refractivity contribution is 5.80. The van der Waals surface area contributed by atoms with Crippen molar-refractivity contribution < 1.29 is 4.79 Å². The van der Waals surface area contributed by atoms with Crippen LogP contribution in [0.1, 0.15) is 65.7 Å². The maximum absolute atomic E-state index is 12.0. The van der Waals surface area contributed by atoms with Crippen molar-refractivity contribution in [3.05, 3.63) is 0 Å². The molecule has 0 aromatic heterocycles. The fourth-order valence-electron chi connectivity index (χ4n) is 4.03. The first kappa shape index (κ1) is 20.1. The number of likely N-dealkylation sites (tertiary alicyclic amines) is 2. The molecule has 1 unspecified atom stereocenters. The molecule has 5 nitrogen and oxygen atoms in total. The molecule has 25 heavy (non-hydrogen) atoms. The van der Waals surface area contributed by atoms with Gasteiger partial charge in [0.1, 0.15) is 0 Å². The molecule has 2 fully saturated rings. The van der Waals surface area contributed by atoms with Crippen LogP contribution in [0.3, 0.4) is 0 Å². The van der Waals surface area contributed by atoms with Crippen molar-refractivity contribution in [2.45, 2.75) is 65.7 Å². The molecular formula is C20H38N4O. The van der Waals surface area contributed by atoms with E-state index < -0.39 is 0 Å². The third-order valence-electron chi connectivity index (χ3n) is 5.24. The lowest BCUT2D eigenvalue weighted by Gasteiger charge is -2.23. The summed E-state index contributed by atoms with van der Waals surface area (Å²) >= 11 is 0. The van der Waals surface area contributed by atoms with E-state index in [1.165, 1.54) is 19.3 Å². The molecule has 0 aliphatic carbocycles. The van der Waals surface area contributed by atoms with E-state index >= 15 is 0 Å². The maximum Gasteiger partial charge on any atom is 0.222 e. The first-order valence-electron chi connectivity index (χ1n) is 10.4. The fraction of sp³-hybridized carbons (Fsp3) is 0.900. The topological polar surface area (TPSA) is 47.9 Å². The Morgan fingerprint density at radius 1 is 1.28 bits per heavy atom. The lowest BCUT2D eigenvalue weighted by Crippen LogP contribution is -2.40. The minimum Gasteiger partial charge on any atom is -0.357 e. The van der Waals surface area contributed by atoms with Crippen molar-refractivity contribution in [3.63, 3.8) is 0 Å². The van der Waals surface area contributed by atoms with E-state index in [9.17, 15) is 4.79 Å². The van der Waals surface area contributed by atoms with Crippen LogP contribution in [0.4, 0.5) is 0 Å². The van der Waals surface area contributed by atoms with Crippen molar-refractivity contribution in [3.8, 4) is 0 Å². The second-order valence-electron chi connectivity index (χ2n) is 8.01. The highest BCUT2D eigenvalue weighted by atomic mass is 16.2. The van der Waals surface area contributed by atoms with E-state index in [-0.39, 0.29) is 0 Å². The molecule has 1 N–H and O–H groups in total. The number of nitrogens with zero attached hydrogens (tertiary/aromatic N) is 3. The van der Waals surface area contributed by atoms with E-state index in [0.29, 0.717) is 5.91 Å². The molecule has 2 aliphatic rings. The van der Waals surface area contributed by atoms with Gasteiger partial charge in [-0.3, -0.25) is 9.79 Å². The number of rotatable bonds is 7. The Balaban J connectivity index is 1.78. The smallest absolute Gasteiger partial charge is 0.222 e. The maximum atomic E-state index is 12.0. The Morgan fingerprint density at radius 2 is 2.12 bits per heavy atom. The summed E-state index contributed by atoms with van der Waals surface area (Å²) in [6.07, 6.45) is 7.70. The normalized spacial score (nSPS) is 22.6. The SMILES string of the molecule is CCNC(=NCCCN1CCCCCC1=O)N1CCC(CC(C)C)C1. The second-order valence-corrected chi connectivity index (χ2v) is 8.01. The molecule has 1 atom stereocenters. The Labute approximate surface area is 154 Å². The van der Waals surface area contributed by atoms with Crippen LogP contribution in [0, 0.1) is 11.8 Å². The van der Waals surface area contributed by atoms with Gasteiger partial charge < -0.3 is 15.1 Å². The van der Waals surface area contributed by atoms with E-state index in [0.717, 1.165) is 82.7 Å². The largest absolute Gasteiger partial charge is 0.357 e. The molecule has 2 heterocycles. The minimum absolute atomic E-state index is 0.337. The van der Waals surface area contributed by atoms with Gasteiger partial charge in [-0.05, 0) is 50.9 Å². The van der Waals surface area contributed by atoms with Crippen molar-refractivity contribution in [2.75, 3.05) is 39.3 Å². The summed E-state index contributed by atoms with van der Waals surface area (Å²) in [7, 11) is 0. The quantitative estimate of drug-likeness (QED) is 0.436. The van der Waals surface area contributed by atoms with Crippen LogP contribution in [0.2, 0.25) is 0 Å². The van der Waals surface area contributed by atoms with Gasteiger partial charge in [0, 0.05) is 45.7 Å². The summed E-state index contributed by atoms with van der Waals surface area (Å²) < 4.78 is 0. The van der Waals surface area contributed by atoms with Gasteiger partial charge in [-0.2, -0.15) is 0 Å². The number of amides is 1. The van der Waals surface area contributed by atoms with Gasteiger partial charge in [0.25, 0.3) is 0 Å². The number of guanidine groups is 1. The molecule has 5 heteroatoms. The fourth-order valence-corrected chi connectivity index (χ4v) is 4.03. The van der Waals surface area contributed by atoms with Gasteiger partial charge in [-0.1, -0.05) is 20.3 Å². The molecule has 2 aliphatic heterocycles. The lowest BCUT2D eigenvalue weighted by atomic mass is 9.97. The number of carbonyl (C=O) groups is 1. The zero-order valence-corrected chi connectivity index (χ0v) is 16.6. The summed E-state index contributed by atoms with van der Waals surface area (Å²) in [5.74, 6) is 2.98. The highest BCUT2D eigenvalue weighted by Crippen LogP contribution is 2.23. The summed E-state index contributed by atoms with van der Waals surface area (Å²) in [4.78, 5) is 21.4. The number of hydrogen-bond acceptors (Lipinski definition) is 2. The van der Waals surface area contributed by atoms with Gasteiger partial charge in [-0.25, -0.2) is 0 Å². The van der Waals surface area contributed by atoms with E-state index in [1.807, 2.05) is 4.90 Å². The Hall–Kier alpha value is -1.26. The second kappa shape index (κ2) is 10.7. The monoisotopic (exact) mass is 350 g/mol. The molecule has 144 valence electrons. The van der Waals surface area contributed by atoms with Gasteiger partial charge >= 0.3 is 0 Å². The van der Waals surface area contributed by atoms with Gasteiger partial charge in [0.2, 0.25) is 5.91 Å². The predicted octanol–water partition coefficient (Wildman–Crippen LogP) is 3.11. The summed E-state index contributed by atoms with van der Waals surface area (Å²) in [6.45, 7) is 12.5. The third-order valence-corrected chi connectivity index (χ3v) is 5.24. The van der Waals surface area contributed by atoms with Crippen molar-refractivity contribution >= 4 is 11.9 Å². The van der Waals surface area contributed by atoms with Crippen LogP contribution in [0.15, 0.2) is 4.99 Å². The van der Waals surface area contributed by atoms with E-state index in [2.05, 4.69) is 31.0 Å². The number of carbonyl (C=O) groups excluding carboxylic acids is 1. The number of nitrogens with one attached hydrogen (secondary N) is 1. The van der Waals surface area contributed by atoms with E-state index in [1.54, 1.807) is 0 Å². The van der Waals surface area contributed by atoms with Crippen LogP contribution in [-0.4, -0.2) is 60.9 Å². The zero-order valence-electron chi connectivity index (χ0n) is 16.6. The Bertz CT molecular complexity index is 435. The van der Waals surface area contributed by atoms with Crippen LogP contribution in [-0.2, 0) is 4.79 Å². The lowest BCUT2D eigenvalue weighted by molar-refractivity contribution is -0.130. The van der Waals surface area contributed by atoms with Gasteiger partial charge in [0.05, 0.1) is 0 Å². The van der Waals surface area contributed by atoms with Gasteiger partial charge in [0.15, 0.2) is 5.96 Å². The van der Waals surface area contributed by atoms with Gasteiger partial charge in [-0.15, -0.1) is 0 Å². The molecule has 0 radical (unpaired) electrons. The molecule has 2 saturated heterocycles. The minimum atomic E-state index is 0.337. The standard InChI is InChI=1S/C20H38N4O/c1-4-21-20(24-14-10-18(16-24)15-17(2)3)22-11-8-13-23-12-7-5-6-9-19(23)25/h17-18H,4-16H2,1-3H3,(H,21,22). The molecule has 0 aromatic rings. The summed E-state index contributed by atoms with van der Waals surface area (Å²) in [6, 6.07) is 0. The Kier molecular flexibility index (Phi) is 8.56. The molecule has 1 amide bonds. The molecule has 0 bridgehead atoms. The summed E-state index contributed by atoms with van der Waals surface area (Å²) in [5, 5.41) is 3.45. The van der Waals surface area contributed by atoms with Crippen LogP contribution >= 0.6 is 0 Å². The van der Waals surface area contributed by atoms with Crippen LogP contribution in [0.25, 0.3) is 0 Å². The third kappa shape index (κ3) is 6.87. The van der Waals surface area contributed by atoms with E-state index in [4.69, 9.17) is 4.99 Å². The number of aliphatic imine (C=N–C) groups is 1. The van der Waals surface area contributed by atoms with Crippen molar-refractivity contribution in [1.82, 2.24) is 15.1 Å². The molecule has 0 aromatic carbocycles. The number of hydrogen-bond donors (Lipinski definition) is 1. The first-order chi connectivity index (χ1) is 12.1. The van der Waals surface area contributed by atoms with Crippen LogP contribution in [0.5, 0.6) is 0 Å². The Morgan fingerprint density at radius 3 is 2.88 bits per heavy atom. The average Bonchev–Trinajstić information content (AvgIpc) is 2.92.